The Morgan fingerprint density at radius 1 is 1.21 bits per heavy atom. The quantitative estimate of drug-likeness (QED) is 0.370. The number of esters is 1. The van der Waals surface area contributed by atoms with Gasteiger partial charge in [0.05, 0.1) is 19.4 Å². The number of ether oxygens (including phenoxy) is 2. The number of nitrogens with zero attached hydrogens (tertiary/aromatic N) is 3. The molecule has 3 rings (SSSR count). The number of aromatic nitrogens is 2. The summed E-state index contributed by atoms with van der Waals surface area (Å²) in [7, 11) is 1.59. The summed E-state index contributed by atoms with van der Waals surface area (Å²) in [6, 6.07) is 19.0. The van der Waals surface area contributed by atoms with Crippen LogP contribution in [0.4, 0.5) is 0 Å². The molecule has 0 radical (unpaired) electrons. The van der Waals surface area contributed by atoms with Crippen molar-refractivity contribution >= 4 is 12.0 Å². The normalized spacial score (nSPS) is 11.0. The highest BCUT2D eigenvalue weighted by Crippen LogP contribution is 2.28. The Labute approximate surface area is 163 Å². The smallest absolute Gasteiger partial charge is 0.348 e. The van der Waals surface area contributed by atoms with Gasteiger partial charge in [0, 0.05) is 17.3 Å². The van der Waals surface area contributed by atoms with Crippen LogP contribution in [0.3, 0.4) is 0 Å². The van der Waals surface area contributed by atoms with Gasteiger partial charge in [0.2, 0.25) is 0 Å². The van der Waals surface area contributed by atoms with E-state index in [2.05, 4.69) is 5.10 Å². The van der Waals surface area contributed by atoms with E-state index in [1.165, 1.54) is 6.08 Å². The maximum atomic E-state index is 12.0. The topological polar surface area (TPSA) is 77.1 Å². The number of hydrogen-bond donors (Lipinski definition) is 0. The van der Waals surface area contributed by atoms with Crippen LogP contribution in [0.5, 0.6) is 5.75 Å². The van der Waals surface area contributed by atoms with Crippen molar-refractivity contribution in [1.82, 2.24) is 9.78 Å². The summed E-state index contributed by atoms with van der Waals surface area (Å²) in [6.07, 6.45) is 3.28. The predicted octanol–water partition coefficient (Wildman–Crippen LogP) is 4.02. The molecule has 0 aliphatic carbocycles. The molecule has 0 amide bonds. The molecular weight excluding hydrogens is 354 g/mol. The Bertz CT molecular complexity index is 1050. The van der Waals surface area contributed by atoms with Gasteiger partial charge in [-0.15, -0.1) is 0 Å². The number of carbonyl (C=O) groups is 1. The van der Waals surface area contributed by atoms with Gasteiger partial charge in [-0.3, -0.25) is 0 Å². The maximum Gasteiger partial charge on any atom is 0.348 e. The Morgan fingerprint density at radius 2 is 2.00 bits per heavy atom. The number of para-hydroxylation sites is 1. The largest absolute Gasteiger partial charge is 0.497 e. The SMILES string of the molecule is CCOC(=O)C(C#N)=Cc1cn(-c2ccccc2)nc1-c1cccc(OC)c1. The van der Waals surface area contributed by atoms with Crippen molar-refractivity contribution in [2.45, 2.75) is 6.92 Å². The number of hydrogen-bond acceptors (Lipinski definition) is 5. The van der Waals surface area contributed by atoms with Gasteiger partial charge in [-0.05, 0) is 37.3 Å². The molecule has 0 fully saturated rings. The fourth-order valence-electron chi connectivity index (χ4n) is 2.70. The van der Waals surface area contributed by atoms with Crippen LogP contribution in [0.2, 0.25) is 0 Å². The van der Waals surface area contributed by atoms with E-state index in [9.17, 15) is 10.1 Å². The van der Waals surface area contributed by atoms with E-state index in [0.29, 0.717) is 17.0 Å². The molecule has 0 spiro atoms. The summed E-state index contributed by atoms with van der Waals surface area (Å²) in [6.45, 7) is 1.89. The van der Waals surface area contributed by atoms with Crippen molar-refractivity contribution < 1.29 is 14.3 Å². The van der Waals surface area contributed by atoms with Crippen molar-refractivity contribution in [3.8, 4) is 28.8 Å². The second-order valence-electron chi connectivity index (χ2n) is 5.84. The van der Waals surface area contributed by atoms with Crippen LogP contribution in [-0.4, -0.2) is 29.5 Å². The Kier molecular flexibility index (Phi) is 5.87. The molecule has 0 N–H and O–H groups in total. The minimum Gasteiger partial charge on any atom is -0.497 e. The molecule has 1 aromatic heterocycles. The van der Waals surface area contributed by atoms with Gasteiger partial charge in [0.25, 0.3) is 0 Å². The standard InChI is InChI=1S/C22H19N3O3/c1-3-28-22(26)17(14-23)12-18-15-25(19-9-5-4-6-10-19)24-21(18)16-8-7-11-20(13-16)27-2/h4-13,15H,3H2,1-2H3. The molecule has 0 aliphatic heterocycles. The van der Waals surface area contributed by atoms with Crippen LogP contribution >= 0.6 is 0 Å². The number of nitriles is 1. The van der Waals surface area contributed by atoms with Crippen LogP contribution in [0.25, 0.3) is 23.0 Å². The second-order valence-corrected chi connectivity index (χ2v) is 5.84. The lowest BCUT2D eigenvalue weighted by atomic mass is 10.1. The lowest BCUT2D eigenvalue weighted by molar-refractivity contribution is -0.137. The maximum absolute atomic E-state index is 12.0. The van der Waals surface area contributed by atoms with E-state index in [0.717, 1.165) is 11.3 Å². The van der Waals surface area contributed by atoms with Crippen LogP contribution in [0, 0.1) is 11.3 Å². The molecule has 0 unspecified atom stereocenters. The average molecular weight is 373 g/mol. The van der Waals surface area contributed by atoms with E-state index >= 15 is 0 Å². The van der Waals surface area contributed by atoms with Crippen LogP contribution < -0.4 is 4.74 Å². The van der Waals surface area contributed by atoms with Crippen LogP contribution in [-0.2, 0) is 9.53 Å². The molecule has 28 heavy (non-hydrogen) atoms. The third kappa shape index (κ3) is 4.10. The summed E-state index contributed by atoms with van der Waals surface area (Å²) in [5.41, 5.74) is 2.84. The molecule has 0 saturated heterocycles. The molecule has 140 valence electrons. The Morgan fingerprint density at radius 3 is 2.68 bits per heavy atom. The first kappa shape index (κ1) is 18.9. The van der Waals surface area contributed by atoms with Crippen LogP contribution in [0.15, 0.2) is 66.4 Å². The zero-order valence-corrected chi connectivity index (χ0v) is 15.6. The van der Waals surface area contributed by atoms with Crippen molar-refractivity contribution in [3.63, 3.8) is 0 Å². The molecule has 2 aromatic carbocycles. The fourth-order valence-corrected chi connectivity index (χ4v) is 2.70. The van der Waals surface area contributed by atoms with Gasteiger partial charge in [-0.25, -0.2) is 9.48 Å². The summed E-state index contributed by atoms with van der Waals surface area (Å²) in [5.74, 6) is 0.0293. The first-order valence-electron chi connectivity index (χ1n) is 8.74. The zero-order chi connectivity index (χ0) is 19.9. The van der Waals surface area contributed by atoms with E-state index in [-0.39, 0.29) is 12.2 Å². The van der Waals surface area contributed by atoms with Gasteiger partial charge in [0.1, 0.15) is 23.1 Å². The minimum absolute atomic E-state index is 0.0846. The second kappa shape index (κ2) is 8.69. The van der Waals surface area contributed by atoms with E-state index in [4.69, 9.17) is 9.47 Å². The highest BCUT2D eigenvalue weighted by Gasteiger charge is 2.16. The van der Waals surface area contributed by atoms with Gasteiger partial charge in [0.15, 0.2) is 0 Å². The van der Waals surface area contributed by atoms with E-state index in [1.54, 1.807) is 24.9 Å². The fraction of sp³-hybridized carbons (Fsp3) is 0.136. The molecule has 0 saturated carbocycles. The van der Waals surface area contributed by atoms with Gasteiger partial charge in [-0.2, -0.15) is 10.4 Å². The number of carbonyl (C=O) groups excluding carboxylic acids is 1. The average Bonchev–Trinajstić information content (AvgIpc) is 3.16. The highest BCUT2D eigenvalue weighted by atomic mass is 16.5. The van der Waals surface area contributed by atoms with Crippen molar-refractivity contribution in [3.05, 3.63) is 71.9 Å². The van der Waals surface area contributed by atoms with E-state index in [1.807, 2.05) is 60.7 Å². The zero-order valence-electron chi connectivity index (χ0n) is 15.6. The van der Waals surface area contributed by atoms with Crippen molar-refractivity contribution in [2.75, 3.05) is 13.7 Å². The summed E-state index contributed by atoms with van der Waals surface area (Å²) in [5, 5.41) is 14.1. The Balaban J connectivity index is 2.15. The first-order chi connectivity index (χ1) is 13.7. The summed E-state index contributed by atoms with van der Waals surface area (Å²) in [4.78, 5) is 12.0. The molecule has 6 heteroatoms. The third-order valence-electron chi connectivity index (χ3n) is 4.02. The molecule has 1 heterocycles. The first-order valence-corrected chi connectivity index (χ1v) is 8.74. The molecule has 6 nitrogen and oxygen atoms in total. The molecule has 0 atom stereocenters. The van der Waals surface area contributed by atoms with Gasteiger partial charge < -0.3 is 9.47 Å². The monoisotopic (exact) mass is 373 g/mol. The minimum atomic E-state index is -0.658. The summed E-state index contributed by atoms with van der Waals surface area (Å²) >= 11 is 0. The van der Waals surface area contributed by atoms with Crippen LogP contribution in [0.1, 0.15) is 12.5 Å². The number of rotatable bonds is 6. The van der Waals surface area contributed by atoms with Gasteiger partial charge in [-0.1, -0.05) is 30.3 Å². The summed E-state index contributed by atoms with van der Waals surface area (Å²) < 4.78 is 12.0. The highest BCUT2D eigenvalue weighted by molar-refractivity contribution is 5.98. The molecular formula is C22H19N3O3. The van der Waals surface area contributed by atoms with Crippen molar-refractivity contribution in [1.29, 1.82) is 5.26 Å². The lowest BCUT2D eigenvalue weighted by Gasteiger charge is -2.04. The molecule has 0 aliphatic rings. The van der Waals surface area contributed by atoms with Crippen molar-refractivity contribution in [2.24, 2.45) is 0 Å². The molecule has 0 bridgehead atoms. The third-order valence-corrected chi connectivity index (χ3v) is 4.02. The van der Waals surface area contributed by atoms with Gasteiger partial charge >= 0.3 is 5.97 Å². The number of methoxy groups -OCH3 is 1. The number of benzene rings is 2. The molecule has 3 aromatic rings. The van der Waals surface area contributed by atoms with E-state index < -0.39 is 5.97 Å². The Hall–Kier alpha value is -3.85. The lowest BCUT2D eigenvalue weighted by Crippen LogP contribution is -2.06. The predicted molar refractivity (Wildman–Crippen MR) is 106 cm³/mol.